The molecule has 0 unspecified atom stereocenters. The molecule has 0 atom stereocenters. The predicted octanol–water partition coefficient (Wildman–Crippen LogP) is 5.16. The molecule has 0 fully saturated rings. The summed E-state index contributed by atoms with van der Waals surface area (Å²) in [4.78, 5) is 13.5. The summed E-state index contributed by atoms with van der Waals surface area (Å²) in [6, 6.07) is 17.9. The maximum atomic E-state index is 12.4. The van der Waals surface area contributed by atoms with Crippen LogP contribution in [0.1, 0.15) is 30.9 Å². The fourth-order valence-electron chi connectivity index (χ4n) is 2.58. The van der Waals surface area contributed by atoms with Crippen LogP contribution in [0.5, 0.6) is 5.75 Å². The maximum Gasteiger partial charge on any atom is 0.354 e. The Balaban J connectivity index is 1.98. The van der Waals surface area contributed by atoms with E-state index in [0.717, 1.165) is 10.5 Å². The molecule has 3 rings (SSSR count). The van der Waals surface area contributed by atoms with Gasteiger partial charge in [-0.3, -0.25) is 0 Å². The number of aromatic hydroxyl groups is 1. The molecule has 0 spiro atoms. The number of hydrogen-bond donors (Lipinski definition) is 1. The maximum absolute atomic E-state index is 12.4. The zero-order chi connectivity index (χ0) is 18.7. The molecule has 0 aliphatic rings. The first kappa shape index (κ1) is 17.8. The van der Waals surface area contributed by atoms with Crippen LogP contribution in [0.15, 0.2) is 73.6 Å². The van der Waals surface area contributed by atoms with Crippen molar-refractivity contribution < 1.29 is 9.52 Å². The van der Waals surface area contributed by atoms with Crippen molar-refractivity contribution in [1.29, 1.82) is 5.26 Å². The molecule has 0 aliphatic heterocycles. The van der Waals surface area contributed by atoms with Crippen molar-refractivity contribution in [3.63, 3.8) is 0 Å². The van der Waals surface area contributed by atoms with Crippen molar-refractivity contribution in [2.45, 2.75) is 29.6 Å². The van der Waals surface area contributed by atoms with Crippen molar-refractivity contribution in [1.82, 2.24) is 0 Å². The molecule has 1 aromatic heterocycles. The lowest BCUT2D eigenvalue weighted by Gasteiger charge is -2.12. The second-order valence-corrected chi connectivity index (χ2v) is 7.15. The number of benzene rings is 2. The predicted molar refractivity (Wildman–Crippen MR) is 101 cm³/mol. The van der Waals surface area contributed by atoms with Gasteiger partial charge in [0.2, 0.25) is 0 Å². The van der Waals surface area contributed by atoms with Crippen LogP contribution < -0.4 is 5.63 Å². The first-order chi connectivity index (χ1) is 12.5. The van der Waals surface area contributed by atoms with Gasteiger partial charge in [0.05, 0.1) is 11.6 Å². The third kappa shape index (κ3) is 3.66. The summed E-state index contributed by atoms with van der Waals surface area (Å²) in [6.45, 7) is 4.16. The van der Waals surface area contributed by atoms with E-state index < -0.39 is 5.63 Å². The molecule has 4 nitrogen and oxygen atoms in total. The SMILES string of the molecule is CC(C)c1ccccc1Sc1c(O)cc(-c2ccc(C#N)cc2)oc1=O. The quantitative estimate of drug-likeness (QED) is 0.693. The van der Waals surface area contributed by atoms with Gasteiger partial charge in [0.25, 0.3) is 0 Å². The zero-order valence-electron chi connectivity index (χ0n) is 14.4. The van der Waals surface area contributed by atoms with E-state index in [9.17, 15) is 9.90 Å². The van der Waals surface area contributed by atoms with Crippen LogP contribution in [0.25, 0.3) is 11.3 Å². The third-order valence-electron chi connectivity index (χ3n) is 3.94. The largest absolute Gasteiger partial charge is 0.506 e. The number of nitriles is 1. The topological polar surface area (TPSA) is 74.2 Å². The van der Waals surface area contributed by atoms with Gasteiger partial charge in [0.15, 0.2) is 0 Å². The van der Waals surface area contributed by atoms with Gasteiger partial charge in [0.1, 0.15) is 16.4 Å². The summed E-state index contributed by atoms with van der Waals surface area (Å²) in [5.74, 6) is 0.438. The van der Waals surface area contributed by atoms with Crippen LogP contribution in [-0.2, 0) is 0 Å². The molecule has 5 heteroatoms. The summed E-state index contributed by atoms with van der Waals surface area (Å²) < 4.78 is 5.40. The molecule has 3 aromatic rings. The summed E-state index contributed by atoms with van der Waals surface area (Å²) in [5, 5.41) is 19.3. The summed E-state index contributed by atoms with van der Waals surface area (Å²) >= 11 is 1.21. The minimum Gasteiger partial charge on any atom is -0.506 e. The highest BCUT2D eigenvalue weighted by atomic mass is 32.2. The van der Waals surface area contributed by atoms with E-state index in [1.807, 2.05) is 30.3 Å². The first-order valence-electron chi connectivity index (χ1n) is 8.14. The van der Waals surface area contributed by atoms with Gasteiger partial charge in [-0.25, -0.2) is 4.79 Å². The van der Waals surface area contributed by atoms with E-state index in [0.29, 0.717) is 17.0 Å². The van der Waals surface area contributed by atoms with E-state index in [4.69, 9.17) is 9.68 Å². The van der Waals surface area contributed by atoms with Crippen LogP contribution in [-0.4, -0.2) is 5.11 Å². The van der Waals surface area contributed by atoms with Crippen LogP contribution in [0, 0.1) is 11.3 Å². The molecule has 130 valence electrons. The second-order valence-electron chi connectivity index (χ2n) is 6.10. The zero-order valence-corrected chi connectivity index (χ0v) is 15.2. The van der Waals surface area contributed by atoms with Crippen LogP contribution in [0.4, 0.5) is 0 Å². The smallest absolute Gasteiger partial charge is 0.354 e. The van der Waals surface area contributed by atoms with Crippen LogP contribution >= 0.6 is 11.8 Å². The molecular formula is C21H17NO3S. The molecule has 1 heterocycles. The molecule has 2 aromatic carbocycles. The average molecular weight is 363 g/mol. The van der Waals surface area contributed by atoms with Gasteiger partial charge in [0, 0.05) is 16.5 Å². The summed E-state index contributed by atoms with van der Waals surface area (Å²) in [6.07, 6.45) is 0. The minimum atomic E-state index is -0.590. The highest BCUT2D eigenvalue weighted by Crippen LogP contribution is 2.37. The number of rotatable bonds is 4. The highest BCUT2D eigenvalue weighted by Gasteiger charge is 2.16. The van der Waals surface area contributed by atoms with E-state index in [2.05, 4.69) is 13.8 Å². The van der Waals surface area contributed by atoms with Gasteiger partial charge < -0.3 is 9.52 Å². The molecular weight excluding hydrogens is 346 g/mol. The second kappa shape index (κ2) is 7.51. The van der Waals surface area contributed by atoms with Crippen LogP contribution in [0.2, 0.25) is 0 Å². The van der Waals surface area contributed by atoms with E-state index >= 15 is 0 Å². The Kier molecular flexibility index (Phi) is 5.15. The Morgan fingerprint density at radius 3 is 2.42 bits per heavy atom. The van der Waals surface area contributed by atoms with Gasteiger partial charge in [-0.05, 0) is 41.8 Å². The molecule has 26 heavy (non-hydrogen) atoms. The Hall–Kier alpha value is -2.97. The summed E-state index contributed by atoms with van der Waals surface area (Å²) in [7, 11) is 0. The van der Waals surface area contributed by atoms with Gasteiger partial charge in [-0.15, -0.1) is 0 Å². The average Bonchev–Trinajstić information content (AvgIpc) is 2.64. The first-order valence-corrected chi connectivity index (χ1v) is 8.95. The standard InChI is InChI=1S/C21H17NO3S/c1-13(2)16-5-3-4-6-19(16)26-20-17(23)11-18(25-21(20)24)15-9-7-14(12-22)8-10-15/h3-11,13,23H,1-2H3. The van der Waals surface area contributed by atoms with Gasteiger partial charge >= 0.3 is 5.63 Å². The van der Waals surface area contributed by atoms with E-state index in [1.54, 1.807) is 24.3 Å². The fourth-order valence-corrected chi connectivity index (χ4v) is 3.65. The molecule has 0 saturated heterocycles. The number of hydrogen-bond acceptors (Lipinski definition) is 5. The van der Waals surface area contributed by atoms with Crippen molar-refractivity contribution >= 4 is 11.8 Å². The molecule has 0 saturated carbocycles. The lowest BCUT2D eigenvalue weighted by molar-refractivity contribution is 0.430. The molecule has 0 aliphatic carbocycles. The molecule has 0 bridgehead atoms. The summed E-state index contributed by atoms with van der Waals surface area (Å²) in [5.41, 5.74) is 1.65. The molecule has 0 amide bonds. The van der Waals surface area contributed by atoms with Crippen LogP contribution in [0.3, 0.4) is 0 Å². The monoisotopic (exact) mass is 363 g/mol. The van der Waals surface area contributed by atoms with E-state index in [-0.39, 0.29) is 16.4 Å². The number of nitrogens with zero attached hydrogens (tertiary/aromatic N) is 1. The Bertz CT molecular complexity index is 1030. The Morgan fingerprint density at radius 1 is 1.12 bits per heavy atom. The lowest BCUT2D eigenvalue weighted by Crippen LogP contribution is -2.03. The van der Waals surface area contributed by atoms with Crippen molar-refractivity contribution in [2.75, 3.05) is 0 Å². The molecule has 1 N–H and O–H groups in total. The normalized spacial score (nSPS) is 10.7. The van der Waals surface area contributed by atoms with Crippen molar-refractivity contribution in [3.05, 3.63) is 76.1 Å². The van der Waals surface area contributed by atoms with Gasteiger partial charge in [-0.2, -0.15) is 5.26 Å². The third-order valence-corrected chi connectivity index (χ3v) is 5.11. The minimum absolute atomic E-state index is 0.121. The Labute approximate surface area is 155 Å². The van der Waals surface area contributed by atoms with Gasteiger partial charge in [-0.1, -0.05) is 43.8 Å². The lowest BCUT2D eigenvalue weighted by atomic mass is 10.0. The Morgan fingerprint density at radius 2 is 1.81 bits per heavy atom. The van der Waals surface area contributed by atoms with E-state index in [1.165, 1.54) is 17.8 Å². The molecule has 0 radical (unpaired) electrons. The highest BCUT2D eigenvalue weighted by molar-refractivity contribution is 7.99. The fraction of sp³-hybridized carbons (Fsp3) is 0.143. The van der Waals surface area contributed by atoms with Crippen molar-refractivity contribution in [2.24, 2.45) is 0 Å². The van der Waals surface area contributed by atoms with Crippen molar-refractivity contribution in [3.8, 4) is 23.1 Å².